The van der Waals surface area contributed by atoms with Crippen LogP contribution < -0.4 is 15.0 Å². The second-order valence-corrected chi connectivity index (χ2v) is 7.87. The van der Waals surface area contributed by atoms with E-state index in [4.69, 9.17) is 14.7 Å². The van der Waals surface area contributed by atoms with Crippen LogP contribution in [0.25, 0.3) is 16.7 Å². The predicted octanol–water partition coefficient (Wildman–Crippen LogP) is 3.71. The van der Waals surface area contributed by atoms with Crippen LogP contribution in [0.3, 0.4) is 0 Å². The van der Waals surface area contributed by atoms with E-state index >= 15 is 0 Å². The molecule has 1 aliphatic rings. The standard InChI is InChI=1S/C24H27N7O/c1-3-32-20-11-9-18(10-12-20)26-22-21-17-25-31(19-7-5-4-6-8-19)23(21)28-24(27-22)30-15-13-29(2)14-16-30/h4-12,17H,3,13-16H2,1-2H3,(H,26,27,28). The molecule has 8 nitrogen and oxygen atoms in total. The topological polar surface area (TPSA) is 71.3 Å². The monoisotopic (exact) mass is 429 g/mol. The van der Waals surface area contributed by atoms with Crippen LogP contribution in [-0.4, -0.2) is 64.5 Å². The number of fused-ring (bicyclic) bond motifs is 1. The number of hydrogen-bond donors (Lipinski definition) is 1. The fourth-order valence-electron chi connectivity index (χ4n) is 3.84. The highest BCUT2D eigenvalue weighted by Crippen LogP contribution is 2.29. The van der Waals surface area contributed by atoms with Gasteiger partial charge in [0.05, 0.1) is 23.9 Å². The number of rotatable bonds is 6. The largest absolute Gasteiger partial charge is 0.494 e. The summed E-state index contributed by atoms with van der Waals surface area (Å²) in [6, 6.07) is 18.0. The lowest BCUT2D eigenvalue weighted by Crippen LogP contribution is -2.45. The van der Waals surface area contributed by atoms with Crippen LogP contribution >= 0.6 is 0 Å². The molecule has 0 unspecified atom stereocenters. The molecule has 4 aromatic rings. The van der Waals surface area contributed by atoms with Crippen LogP contribution in [-0.2, 0) is 0 Å². The van der Waals surface area contributed by atoms with Gasteiger partial charge in [0.25, 0.3) is 0 Å². The minimum absolute atomic E-state index is 0.645. The number of hydrogen-bond acceptors (Lipinski definition) is 7. The molecule has 0 amide bonds. The first-order chi connectivity index (χ1) is 15.7. The third-order valence-corrected chi connectivity index (χ3v) is 5.63. The number of aromatic nitrogens is 4. The molecule has 1 N–H and O–H groups in total. The Balaban J connectivity index is 1.56. The molecule has 0 atom stereocenters. The molecule has 2 aromatic carbocycles. The van der Waals surface area contributed by atoms with Gasteiger partial charge < -0.3 is 19.9 Å². The summed E-state index contributed by atoms with van der Waals surface area (Å²) in [4.78, 5) is 14.4. The Morgan fingerprint density at radius 1 is 0.938 bits per heavy atom. The summed E-state index contributed by atoms with van der Waals surface area (Å²) >= 11 is 0. The van der Waals surface area contributed by atoms with Crippen LogP contribution in [0, 0.1) is 0 Å². The number of nitrogens with one attached hydrogen (secondary N) is 1. The quantitative estimate of drug-likeness (QED) is 0.501. The average Bonchev–Trinajstić information content (AvgIpc) is 3.26. The van der Waals surface area contributed by atoms with Gasteiger partial charge in [-0.05, 0) is 50.4 Å². The second-order valence-electron chi connectivity index (χ2n) is 7.87. The molecule has 0 spiro atoms. The van der Waals surface area contributed by atoms with Gasteiger partial charge >= 0.3 is 0 Å². The zero-order valence-electron chi connectivity index (χ0n) is 18.4. The van der Waals surface area contributed by atoms with Crippen LogP contribution in [0.5, 0.6) is 5.75 Å². The number of nitrogens with zero attached hydrogens (tertiary/aromatic N) is 6. The van der Waals surface area contributed by atoms with Crippen molar-refractivity contribution in [1.82, 2.24) is 24.6 Å². The first-order valence-electron chi connectivity index (χ1n) is 11.0. The summed E-state index contributed by atoms with van der Waals surface area (Å²) in [5, 5.41) is 8.98. The molecule has 5 rings (SSSR count). The summed E-state index contributed by atoms with van der Waals surface area (Å²) in [5.74, 6) is 2.31. The smallest absolute Gasteiger partial charge is 0.229 e. The van der Waals surface area contributed by atoms with Crippen molar-refractivity contribution in [3.05, 3.63) is 60.8 Å². The predicted molar refractivity (Wildman–Crippen MR) is 127 cm³/mol. The summed E-state index contributed by atoms with van der Waals surface area (Å²) in [6.07, 6.45) is 1.83. The third-order valence-electron chi connectivity index (χ3n) is 5.63. The summed E-state index contributed by atoms with van der Waals surface area (Å²) in [7, 11) is 2.14. The lowest BCUT2D eigenvalue weighted by Gasteiger charge is -2.32. The van der Waals surface area contributed by atoms with E-state index in [1.54, 1.807) is 0 Å². The molecule has 0 saturated carbocycles. The molecule has 0 radical (unpaired) electrons. The molecule has 32 heavy (non-hydrogen) atoms. The Morgan fingerprint density at radius 2 is 1.69 bits per heavy atom. The first-order valence-corrected chi connectivity index (χ1v) is 11.0. The maximum atomic E-state index is 5.56. The summed E-state index contributed by atoms with van der Waals surface area (Å²) in [5.41, 5.74) is 2.69. The number of para-hydroxylation sites is 1. The van der Waals surface area contributed by atoms with Crippen molar-refractivity contribution >= 4 is 28.5 Å². The highest BCUT2D eigenvalue weighted by Gasteiger charge is 2.21. The molecule has 8 heteroatoms. The van der Waals surface area contributed by atoms with E-state index in [2.05, 4.69) is 27.3 Å². The normalized spacial score (nSPS) is 14.6. The van der Waals surface area contributed by atoms with Gasteiger partial charge in [0.15, 0.2) is 5.65 Å². The Kier molecular flexibility index (Phi) is 5.60. The summed E-state index contributed by atoms with van der Waals surface area (Å²) in [6.45, 7) is 6.39. The van der Waals surface area contributed by atoms with Crippen LogP contribution in [0.15, 0.2) is 60.8 Å². The molecule has 3 heterocycles. The lowest BCUT2D eigenvalue weighted by molar-refractivity contribution is 0.311. The first kappa shape index (κ1) is 20.3. The highest BCUT2D eigenvalue weighted by molar-refractivity contribution is 5.90. The zero-order chi connectivity index (χ0) is 21.9. The van der Waals surface area contributed by atoms with Crippen LogP contribution in [0.2, 0.25) is 0 Å². The Labute approximate surface area is 187 Å². The second kappa shape index (κ2) is 8.84. The lowest BCUT2D eigenvalue weighted by atomic mass is 10.3. The van der Waals surface area contributed by atoms with Gasteiger partial charge in [0, 0.05) is 31.9 Å². The van der Waals surface area contributed by atoms with Gasteiger partial charge in [0.1, 0.15) is 11.6 Å². The van der Waals surface area contributed by atoms with E-state index in [9.17, 15) is 0 Å². The third kappa shape index (κ3) is 4.09. The van der Waals surface area contributed by atoms with Gasteiger partial charge in [-0.1, -0.05) is 18.2 Å². The van der Waals surface area contributed by atoms with Gasteiger partial charge in [0.2, 0.25) is 5.95 Å². The van der Waals surface area contributed by atoms with Crippen molar-refractivity contribution in [2.45, 2.75) is 6.92 Å². The maximum absolute atomic E-state index is 5.56. The molecule has 1 fully saturated rings. The van der Waals surface area contributed by atoms with E-state index in [0.29, 0.717) is 6.61 Å². The fraction of sp³-hybridized carbons (Fsp3) is 0.292. The van der Waals surface area contributed by atoms with Crippen LogP contribution in [0.1, 0.15) is 6.92 Å². The molecule has 0 aliphatic carbocycles. The molecule has 164 valence electrons. The maximum Gasteiger partial charge on any atom is 0.229 e. The molecule has 0 bridgehead atoms. The van der Waals surface area contributed by atoms with Gasteiger partial charge in [-0.25, -0.2) is 4.68 Å². The number of likely N-dealkylation sites (N-methyl/N-ethyl adjacent to an activating group) is 1. The summed E-state index contributed by atoms with van der Waals surface area (Å²) < 4.78 is 7.44. The van der Waals surface area contributed by atoms with Crippen molar-refractivity contribution in [3.63, 3.8) is 0 Å². The van der Waals surface area contributed by atoms with Crippen molar-refractivity contribution < 1.29 is 4.74 Å². The van der Waals surface area contributed by atoms with E-state index < -0.39 is 0 Å². The van der Waals surface area contributed by atoms with Gasteiger partial charge in [-0.3, -0.25) is 0 Å². The minimum atomic E-state index is 0.645. The van der Waals surface area contributed by atoms with Crippen LogP contribution in [0.4, 0.5) is 17.5 Å². The van der Waals surface area contributed by atoms with E-state index in [1.165, 1.54) is 0 Å². The van der Waals surface area contributed by atoms with Gasteiger partial charge in [-0.2, -0.15) is 15.1 Å². The van der Waals surface area contributed by atoms with Gasteiger partial charge in [-0.15, -0.1) is 0 Å². The van der Waals surface area contributed by atoms with Crippen molar-refractivity contribution in [3.8, 4) is 11.4 Å². The van der Waals surface area contributed by atoms with E-state index in [0.717, 1.165) is 66.1 Å². The number of benzene rings is 2. The Hall–Kier alpha value is -3.65. The molecule has 1 aliphatic heterocycles. The minimum Gasteiger partial charge on any atom is -0.494 e. The highest BCUT2D eigenvalue weighted by atomic mass is 16.5. The fourth-order valence-corrected chi connectivity index (χ4v) is 3.84. The molecular weight excluding hydrogens is 402 g/mol. The van der Waals surface area contributed by atoms with Crippen molar-refractivity contribution in [2.24, 2.45) is 0 Å². The van der Waals surface area contributed by atoms with E-state index in [-0.39, 0.29) is 0 Å². The zero-order valence-corrected chi connectivity index (χ0v) is 18.4. The molecule has 1 saturated heterocycles. The SMILES string of the molecule is CCOc1ccc(Nc2nc(N3CCN(C)CC3)nc3c2cnn3-c2ccccc2)cc1. The number of ether oxygens (including phenoxy) is 1. The Morgan fingerprint density at radius 3 is 2.41 bits per heavy atom. The molecule has 2 aromatic heterocycles. The molecular formula is C24H27N7O. The average molecular weight is 430 g/mol. The van der Waals surface area contributed by atoms with Crippen molar-refractivity contribution in [2.75, 3.05) is 50.1 Å². The Bertz CT molecular complexity index is 1180. The van der Waals surface area contributed by atoms with Crippen molar-refractivity contribution in [1.29, 1.82) is 0 Å². The number of piperazine rings is 1. The number of anilines is 3. The van der Waals surface area contributed by atoms with E-state index in [1.807, 2.05) is 72.4 Å².